The minimum Gasteiger partial charge on any atom is -0.478 e. The van der Waals surface area contributed by atoms with Crippen molar-refractivity contribution < 1.29 is 9.90 Å². The molecule has 0 radical (unpaired) electrons. The third-order valence-electron chi connectivity index (χ3n) is 5.90. The Morgan fingerprint density at radius 2 is 1.76 bits per heavy atom. The second-order valence-electron chi connectivity index (χ2n) is 8.10. The average Bonchev–Trinajstić information content (AvgIpc) is 3.59. The highest BCUT2D eigenvalue weighted by Gasteiger charge is 2.19. The van der Waals surface area contributed by atoms with E-state index in [2.05, 4.69) is 55.1 Å². The molecule has 0 fully saturated rings. The number of carboxylic acid groups (broad SMARTS) is 1. The van der Waals surface area contributed by atoms with Crippen LogP contribution in [0.3, 0.4) is 0 Å². The van der Waals surface area contributed by atoms with E-state index in [1.165, 1.54) is 0 Å². The zero-order chi connectivity index (χ0) is 23.3. The van der Waals surface area contributed by atoms with Crippen LogP contribution in [0.4, 0.5) is 0 Å². The summed E-state index contributed by atoms with van der Waals surface area (Å²) in [4.78, 5) is 11.8. The van der Waals surface area contributed by atoms with Crippen molar-refractivity contribution in [3.63, 3.8) is 0 Å². The predicted octanol–water partition coefficient (Wildman–Crippen LogP) is 4.52. The molecule has 168 valence electrons. The van der Waals surface area contributed by atoms with Gasteiger partial charge in [-0.1, -0.05) is 54.6 Å². The molecular weight excluding hydrogens is 428 g/mol. The maximum Gasteiger partial charge on any atom is 0.335 e. The first-order chi connectivity index (χ1) is 16.7. The largest absolute Gasteiger partial charge is 0.478 e. The molecule has 3 aromatic carbocycles. The Morgan fingerprint density at radius 1 is 0.912 bits per heavy atom. The Bertz CT molecular complexity index is 1400. The van der Waals surface area contributed by atoms with Crippen LogP contribution in [0, 0.1) is 0 Å². The van der Waals surface area contributed by atoms with Gasteiger partial charge in [-0.25, -0.2) is 4.79 Å². The standard InChI is InChI=1S/C26H22N6O2/c33-26(34)23-10-2-1-6-19(23)16-22(18-7-4-8-20(15-18)24-11-12-27-28-24)14-17-5-3-9-21(13-17)25-29-31-32-30-25/h1-13,15,22H,14,16H2,(H,27,28)(H,33,34)(H,29,30,31,32). The Kier molecular flexibility index (Phi) is 5.94. The molecular formula is C26H22N6O2. The van der Waals surface area contributed by atoms with Crippen molar-refractivity contribution >= 4 is 5.97 Å². The fraction of sp³-hybridized carbons (Fsp3) is 0.115. The summed E-state index contributed by atoms with van der Waals surface area (Å²) in [6, 6.07) is 25.5. The summed E-state index contributed by atoms with van der Waals surface area (Å²) in [5.74, 6) is -0.334. The Morgan fingerprint density at radius 3 is 2.56 bits per heavy atom. The zero-order valence-corrected chi connectivity index (χ0v) is 18.2. The Balaban J connectivity index is 1.52. The zero-order valence-electron chi connectivity index (χ0n) is 18.2. The maximum absolute atomic E-state index is 11.8. The lowest BCUT2D eigenvalue weighted by molar-refractivity contribution is 0.0695. The summed E-state index contributed by atoms with van der Waals surface area (Å²) in [5, 5.41) is 31.1. The monoisotopic (exact) mass is 450 g/mol. The van der Waals surface area contributed by atoms with Gasteiger partial charge in [0.1, 0.15) is 0 Å². The van der Waals surface area contributed by atoms with Gasteiger partial charge in [0.15, 0.2) is 0 Å². The van der Waals surface area contributed by atoms with Crippen LogP contribution in [0.1, 0.15) is 33.0 Å². The van der Waals surface area contributed by atoms with Crippen LogP contribution in [0.2, 0.25) is 0 Å². The minimum absolute atomic E-state index is 0.0453. The summed E-state index contributed by atoms with van der Waals surface area (Å²) in [6.07, 6.45) is 3.03. The van der Waals surface area contributed by atoms with Gasteiger partial charge in [-0.2, -0.15) is 10.3 Å². The van der Waals surface area contributed by atoms with Crippen LogP contribution in [-0.4, -0.2) is 41.9 Å². The minimum atomic E-state index is -0.917. The number of aromatic amines is 2. The molecule has 0 saturated heterocycles. The molecule has 1 unspecified atom stereocenters. The highest BCUT2D eigenvalue weighted by Crippen LogP contribution is 2.30. The van der Waals surface area contributed by atoms with E-state index in [-0.39, 0.29) is 5.92 Å². The molecule has 5 aromatic rings. The lowest BCUT2D eigenvalue weighted by atomic mass is 9.84. The third-order valence-corrected chi connectivity index (χ3v) is 5.90. The van der Waals surface area contributed by atoms with Crippen LogP contribution >= 0.6 is 0 Å². The molecule has 8 heteroatoms. The average molecular weight is 451 g/mol. The summed E-state index contributed by atoms with van der Waals surface area (Å²) < 4.78 is 0. The number of H-pyrrole nitrogens is 2. The number of rotatable bonds is 8. The molecule has 0 spiro atoms. The quantitative estimate of drug-likeness (QED) is 0.320. The molecule has 0 amide bonds. The number of aromatic carboxylic acids is 1. The molecule has 8 nitrogen and oxygen atoms in total. The fourth-order valence-corrected chi connectivity index (χ4v) is 4.26. The number of nitrogens with zero attached hydrogens (tertiary/aromatic N) is 4. The number of carboxylic acids is 1. The summed E-state index contributed by atoms with van der Waals surface area (Å²) in [6.45, 7) is 0. The molecule has 1 atom stereocenters. The van der Waals surface area contributed by atoms with Gasteiger partial charge in [-0.15, -0.1) is 10.2 Å². The lowest BCUT2D eigenvalue weighted by Gasteiger charge is -2.20. The van der Waals surface area contributed by atoms with Crippen molar-refractivity contribution in [3.05, 3.63) is 107 Å². The third kappa shape index (κ3) is 4.61. The van der Waals surface area contributed by atoms with Gasteiger partial charge in [0.05, 0.1) is 11.3 Å². The van der Waals surface area contributed by atoms with Crippen molar-refractivity contribution in [3.8, 4) is 22.6 Å². The van der Waals surface area contributed by atoms with Gasteiger partial charge < -0.3 is 5.11 Å². The predicted molar refractivity (Wildman–Crippen MR) is 127 cm³/mol. The van der Waals surface area contributed by atoms with Crippen molar-refractivity contribution in [2.45, 2.75) is 18.8 Å². The SMILES string of the molecule is O=C(O)c1ccccc1CC(Cc1cccc(-c2nn[nH]n2)c1)c1cccc(-c2ccn[nH]2)c1. The topological polar surface area (TPSA) is 120 Å². The van der Waals surface area contributed by atoms with Crippen LogP contribution in [0.15, 0.2) is 85.1 Å². The van der Waals surface area contributed by atoms with E-state index in [0.29, 0.717) is 24.2 Å². The fourth-order valence-electron chi connectivity index (χ4n) is 4.26. The van der Waals surface area contributed by atoms with Crippen molar-refractivity contribution in [1.82, 2.24) is 30.8 Å². The van der Waals surface area contributed by atoms with Gasteiger partial charge in [0, 0.05) is 11.8 Å². The molecule has 34 heavy (non-hydrogen) atoms. The molecule has 0 bridgehead atoms. The van der Waals surface area contributed by atoms with Crippen LogP contribution < -0.4 is 0 Å². The number of carbonyl (C=O) groups is 1. The van der Waals surface area contributed by atoms with E-state index in [9.17, 15) is 9.90 Å². The number of benzene rings is 3. The number of hydrogen-bond acceptors (Lipinski definition) is 5. The molecule has 2 heterocycles. The summed E-state index contributed by atoms with van der Waals surface area (Å²) >= 11 is 0. The molecule has 0 aliphatic heterocycles. The molecule has 2 aromatic heterocycles. The van der Waals surface area contributed by atoms with E-state index in [1.807, 2.05) is 42.5 Å². The van der Waals surface area contributed by atoms with Crippen LogP contribution in [-0.2, 0) is 12.8 Å². The highest BCUT2D eigenvalue weighted by atomic mass is 16.4. The normalized spacial score (nSPS) is 11.9. The van der Waals surface area contributed by atoms with Gasteiger partial charge in [0.2, 0.25) is 5.82 Å². The lowest BCUT2D eigenvalue weighted by Crippen LogP contribution is -2.11. The van der Waals surface area contributed by atoms with E-state index in [0.717, 1.165) is 33.5 Å². The van der Waals surface area contributed by atoms with Gasteiger partial charge in [0.25, 0.3) is 0 Å². The number of hydrogen-bond donors (Lipinski definition) is 3. The van der Waals surface area contributed by atoms with Crippen LogP contribution in [0.25, 0.3) is 22.6 Å². The maximum atomic E-state index is 11.8. The first-order valence-electron chi connectivity index (χ1n) is 10.9. The molecule has 0 aliphatic carbocycles. The van der Waals surface area contributed by atoms with Crippen molar-refractivity contribution in [2.75, 3.05) is 0 Å². The Labute approximate surface area is 195 Å². The number of tetrazole rings is 1. The van der Waals surface area contributed by atoms with Gasteiger partial charge in [-0.3, -0.25) is 5.10 Å². The summed E-state index contributed by atoms with van der Waals surface area (Å²) in [7, 11) is 0. The van der Waals surface area contributed by atoms with E-state index in [4.69, 9.17) is 0 Å². The van der Waals surface area contributed by atoms with Crippen molar-refractivity contribution in [1.29, 1.82) is 0 Å². The van der Waals surface area contributed by atoms with E-state index in [1.54, 1.807) is 18.3 Å². The van der Waals surface area contributed by atoms with Gasteiger partial charge >= 0.3 is 5.97 Å². The second kappa shape index (κ2) is 9.50. The first kappa shape index (κ1) is 21.3. The molecule has 0 saturated carbocycles. The highest BCUT2D eigenvalue weighted by molar-refractivity contribution is 5.89. The summed E-state index contributed by atoms with van der Waals surface area (Å²) in [5.41, 5.74) is 6.21. The van der Waals surface area contributed by atoms with E-state index < -0.39 is 5.97 Å². The Hall–Kier alpha value is -4.59. The van der Waals surface area contributed by atoms with E-state index >= 15 is 0 Å². The second-order valence-corrected chi connectivity index (χ2v) is 8.10. The first-order valence-corrected chi connectivity index (χ1v) is 10.9. The number of nitrogens with one attached hydrogen (secondary N) is 2. The smallest absolute Gasteiger partial charge is 0.335 e. The van der Waals surface area contributed by atoms with Crippen LogP contribution in [0.5, 0.6) is 0 Å². The molecule has 3 N–H and O–H groups in total. The molecule has 0 aliphatic rings. The van der Waals surface area contributed by atoms with Crippen molar-refractivity contribution in [2.24, 2.45) is 0 Å². The number of aromatic nitrogens is 6. The van der Waals surface area contributed by atoms with Gasteiger partial charge in [-0.05, 0) is 70.5 Å². The molecule has 5 rings (SSSR count).